The van der Waals surface area contributed by atoms with Gasteiger partial charge in [0.1, 0.15) is 5.75 Å². The molecule has 0 aliphatic carbocycles. The van der Waals surface area contributed by atoms with E-state index >= 15 is 0 Å². The molecule has 0 radical (unpaired) electrons. The molecule has 146 valence electrons. The maximum atomic E-state index is 9.63. The third-order valence-corrected chi connectivity index (χ3v) is 5.48. The van der Waals surface area contributed by atoms with Crippen LogP contribution in [0.2, 0.25) is 5.02 Å². The van der Waals surface area contributed by atoms with Gasteiger partial charge in [-0.2, -0.15) is 0 Å². The highest BCUT2D eigenvalue weighted by molar-refractivity contribution is 6.32. The quantitative estimate of drug-likeness (QED) is 0.517. The number of allylic oxidation sites excluding steroid dienone is 1. The smallest absolute Gasteiger partial charge is 0.117 e. The van der Waals surface area contributed by atoms with Crippen molar-refractivity contribution < 1.29 is 9.84 Å². The molecule has 1 N–H and O–H groups in total. The minimum atomic E-state index is 0.0808. The van der Waals surface area contributed by atoms with E-state index in [0.717, 1.165) is 29.5 Å². The molecule has 1 heterocycles. The summed E-state index contributed by atoms with van der Waals surface area (Å²) in [4.78, 5) is 0. The summed E-state index contributed by atoms with van der Waals surface area (Å²) in [7, 11) is 0. The standard InChI is InChI=1S/C25H27ClO2/c1-17(2)18(3)23-13-14-28-25(23)12-10-20(19-7-5-4-6-8-19)15-21-9-11-22(27)16-24(21)26/h4-9,11,13,15-17,25,27H,3,10,12,14H2,1-2H3/b20-15-. The Bertz CT molecular complexity index is 894. The molecule has 2 nitrogen and oxygen atoms in total. The number of hydrogen-bond donors (Lipinski definition) is 1. The van der Waals surface area contributed by atoms with Crippen LogP contribution in [0.5, 0.6) is 5.75 Å². The zero-order chi connectivity index (χ0) is 20.1. The van der Waals surface area contributed by atoms with Gasteiger partial charge in [0.15, 0.2) is 0 Å². The lowest BCUT2D eigenvalue weighted by molar-refractivity contribution is 0.117. The van der Waals surface area contributed by atoms with Crippen LogP contribution in [0.15, 0.2) is 72.3 Å². The van der Waals surface area contributed by atoms with E-state index in [1.807, 2.05) is 24.3 Å². The molecule has 1 unspecified atom stereocenters. The van der Waals surface area contributed by atoms with Crippen LogP contribution in [-0.2, 0) is 4.74 Å². The molecule has 1 aliphatic heterocycles. The number of phenolic OH excluding ortho intramolecular Hbond substituents is 1. The lowest BCUT2D eigenvalue weighted by Crippen LogP contribution is -2.13. The minimum absolute atomic E-state index is 0.0808. The second kappa shape index (κ2) is 9.27. The topological polar surface area (TPSA) is 29.5 Å². The van der Waals surface area contributed by atoms with E-state index in [1.54, 1.807) is 12.1 Å². The van der Waals surface area contributed by atoms with Crippen molar-refractivity contribution in [2.75, 3.05) is 6.61 Å². The van der Waals surface area contributed by atoms with E-state index < -0.39 is 0 Å². The van der Waals surface area contributed by atoms with Crippen molar-refractivity contribution in [1.29, 1.82) is 0 Å². The summed E-state index contributed by atoms with van der Waals surface area (Å²) in [5.74, 6) is 0.583. The Morgan fingerprint density at radius 3 is 2.68 bits per heavy atom. The molecule has 0 saturated heterocycles. The number of aromatic hydroxyl groups is 1. The third kappa shape index (κ3) is 4.95. The van der Waals surface area contributed by atoms with Crippen LogP contribution < -0.4 is 0 Å². The fourth-order valence-corrected chi connectivity index (χ4v) is 3.67. The molecule has 1 aliphatic rings. The Hall–Kier alpha value is -2.29. The van der Waals surface area contributed by atoms with Gasteiger partial charge in [-0.15, -0.1) is 0 Å². The maximum Gasteiger partial charge on any atom is 0.117 e. The molecular formula is C25H27ClO2. The third-order valence-electron chi connectivity index (χ3n) is 5.15. The van der Waals surface area contributed by atoms with E-state index in [9.17, 15) is 5.11 Å². The molecular weight excluding hydrogens is 368 g/mol. The van der Waals surface area contributed by atoms with Gasteiger partial charge in [0.2, 0.25) is 0 Å². The van der Waals surface area contributed by atoms with E-state index in [2.05, 4.69) is 44.7 Å². The fraction of sp³-hybridized carbons (Fsp3) is 0.280. The molecule has 0 saturated carbocycles. The van der Waals surface area contributed by atoms with Crippen LogP contribution in [0.3, 0.4) is 0 Å². The van der Waals surface area contributed by atoms with Crippen molar-refractivity contribution in [3.8, 4) is 5.75 Å². The largest absolute Gasteiger partial charge is 0.508 e. The summed E-state index contributed by atoms with van der Waals surface area (Å²) in [5, 5.41) is 10.2. The van der Waals surface area contributed by atoms with Crippen molar-refractivity contribution >= 4 is 23.3 Å². The molecule has 0 bridgehead atoms. The van der Waals surface area contributed by atoms with Crippen molar-refractivity contribution in [2.45, 2.75) is 32.8 Å². The highest BCUT2D eigenvalue weighted by Gasteiger charge is 2.23. The highest BCUT2D eigenvalue weighted by atomic mass is 35.5. The molecule has 3 rings (SSSR count). The number of benzene rings is 2. The van der Waals surface area contributed by atoms with Gasteiger partial charge in [-0.3, -0.25) is 0 Å². The first-order valence-electron chi connectivity index (χ1n) is 9.71. The van der Waals surface area contributed by atoms with Gasteiger partial charge in [0, 0.05) is 0 Å². The normalized spacial score (nSPS) is 17.1. The van der Waals surface area contributed by atoms with E-state index in [-0.39, 0.29) is 11.9 Å². The Morgan fingerprint density at radius 1 is 1.25 bits per heavy atom. The Kier molecular flexibility index (Phi) is 6.77. The molecule has 0 fully saturated rings. The molecule has 0 spiro atoms. The monoisotopic (exact) mass is 394 g/mol. The predicted molar refractivity (Wildman–Crippen MR) is 118 cm³/mol. The molecule has 3 heteroatoms. The first-order valence-corrected chi connectivity index (χ1v) is 10.1. The number of rotatable bonds is 7. The van der Waals surface area contributed by atoms with Crippen molar-refractivity contribution in [1.82, 2.24) is 0 Å². The zero-order valence-corrected chi connectivity index (χ0v) is 17.2. The second-order valence-electron chi connectivity index (χ2n) is 7.44. The van der Waals surface area contributed by atoms with Crippen molar-refractivity contribution in [3.05, 3.63) is 88.5 Å². The lowest BCUT2D eigenvalue weighted by atomic mass is 9.89. The van der Waals surface area contributed by atoms with Gasteiger partial charge >= 0.3 is 0 Å². The molecule has 0 aromatic heterocycles. The summed E-state index contributed by atoms with van der Waals surface area (Å²) >= 11 is 6.34. The lowest BCUT2D eigenvalue weighted by Gasteiger charge is -2.20. The van der Waals surface area contributed by atoms with Gasteiger partial charge < -0.3 is 9.84 Å². The van der Waals surface area contributed by atoms with Crippen LogP contribution in [-0.4, -0.2) is 17.8 Å². The van der Waals surface area contributed by atoms with Crippen LogP contribution in [0.1, 0.15) is 37.8 Å². The average molecular weight is 395 g/mol. The van der Waals surface area contributed by atoms with E-state index in [1.165, 1.54) is 11.1 Å². The second-order valence-corrected chi connectivity index (χ2v) is 7.85. The number of halogens is 1. The summed E-state index contributed by atoms with van der Waals surface area (Å²) < 4.78 is 5.97. The van der Waals surface area contributed by atoms with Gasteiger partial charge in [-0.05, 0) is 70.9 Å². The van der Waals surface area contributed by atoms with Crippen LogP contribution >= 0.6 is 11.6 Å². The SMILES string of the molecule is C=C(C1=CCOC1CC/C(=C/c1ccc(O)cc1Cl)c1ccccc1)C(C)C. The van der Waals surface area contributed by atoms with E-state index in [0.29, 0.717) is 17.5 Å². The van der Waals surface area contributed by atoms with Crippen LogP contribution in [0.4, 0.5) is 0 Å². The fourth-order valence-electron chi connectivity index (χ4n) is 3.44. The van der Waals surface area contributed by atoms with Crippen molar-refractivity contribution in [3.63, 3.8) is 0 Å². The molecule has 28 heavy (non-hydrogen) atoms. The average Bonchev–Trinajstić information content (AvgIpc) is 3.15. The Balaban J connectivity index is 1.84. The summed E-state index contributed by atoms with van der Waals surface area (Å²) in [6.45, 7) is 9.24. The minimum Gasteiger partial charge on any atom is -0.508 e. The first-order chi connectivity index (χ1) is 13.5. The Morgan fingerprint density at radius 2 is 2.00 bits per heavy atom. The van der Waals surface area contributed by atoms with Gasteiger partial charge in [0.25, 0.3) is 0 Å². The van der Waals surface area contributed by atoms with Crippen molar-refractivity contribution in [2.24, 2.45) is 5.92 Å². The molecule has 2 aromatic carbocycles. The number of ether oxygens (including phenoxy) is 1. The van der Waals surface area contributed by atoms with Crippen LogP contribution in [0, 0.1) is 5.92 Å². The molecule has 1 atom stereocenters. The van der Waals surface area contributed by atoms with Gasteiger partial charge in [-0.1, -0.05) is 68.4 Å². The van der Waals surface area contributed by atoms with Gasteiger partial charge in [0.05, 0.1) is 17.7 Å². The Labute approximate surface area is 172 Å². The highest BCUT2D eigenvalue weighted by Crippen LogP contribution is 2.33. The van der Waals surface area contributed by atoms with Gasteiger partial charge in [-0.25, -0.2) is 0 Å². The van der Waals surface area contributed by atoms with E-state index in [4.69, 9.17) is 16.3 Å². The summed E-state index contributed by atoms with van der Waals surface area (Å²) in [5.41, 5.74) is 5.66. The summed E-state index contributed by atoms with van der Waals surface area (Å²) in [6, 6.07) is 15.4. The molecule has 2 aromatic rings. The summed E-state index contributed by atoms with van der Waals surface area (Å²) in [6.07, 6.45) is 6.09. The molecule has 0 amide bonds. The zero-order valence-electron chi connectivity index (χ0n) is 16.5. The van der Waals surface area contributed by atoms with Crippen LogP contribution in [0.25, 0.3) is 11.6 Å². The number of phenols is 1. The predicted octanol–water partition coefficient (Wildman–Crippen LogP) is 6.90. The first kappa shape index (κ1) is 20.4. The number of hydrogen-bond acceptors (Lipinski definition) is 2. The maximum absolute atomic E-state index is 9.63.